The van der Waals surface area contributed by atoms with E-state index in [2.05, 4.69) is 17.2 Å². The lowest BCUT2D eigenvalue weighted by Crippen LogP contribution is -2.16. The van der Waals surface area contributed by atoms with Gasteiger partial charge < -0.3 is 5.32 Å². The topological polar surface area (TPSA) is 59.1 Å². The van der Waals surface area contributed by atoms with Crippen molar-refractivity contribution in [2.75, 3.05) is 5.32 Å². The first-order chi connectivity index (χ1) is 8.22. The van der Waals surface area contributed by atoms with Gasteiger partial charge in [0.1, 0.15) is 5.78 Å². The van der Waals surface area contributed by atoms with Crippen molar-refractivity contribution < 1.29 is 9.59 Å². The Hall–Kier alpha value is -1.23. The summed E-state index contributed by atoms with van der Waals surface area (Å²) in [7, 11) is 0. The van der Waals surface area contributed by atoms with Crippen LogP contribution in [0.4, 0.5) is 5.13 Å². The molecule has 1 aromatic heterocycles. The van der Waals surface area contributed by atoms with E-state index in [-0.39, 0.29) is 18.1 Å². The first kappa shape index (κ1) is 13.8. The third-order valence-corrected chi connectivity index (χ3v) is 3.03. The number of hydrogen-bond donors (Lipinski definition) is 1. The minimum Gasteiger partial charge on any atom is -0.302 e. The fourth-order valence-electron chi connectivity index (χ4n) is 1.47. The molecule has 1 N–H and O–H groups in total. The second-order valence-electron chi connectivity index (χ2n) is 3.91. The van der Waals surface area contributed by atoms with Gasteiger partial charge in [0.05, 0.1) is 6.42 Å². The molecule has 94 valence electrons. The number of rotatable bonds is 8. The summed E-state index contributed by atoms with van der Waals surface area (Å²) in [5.74, 6) is -0.254. The van der Waals surface area contributed by atoms with E-state index < -0.39 is 0 Å². The minimum atomic E-state index is -0.263. The number of carbonyl (C=O) groups excluding carboxylic acids is 2. The second kappa shape index (κ2) is 7.95. The van der Waals surface area contributed by atoms with Gasteiger partial charge in [0, 0.05) is 18.0 Å². The molecule has 0 bridgehead atoms. The number of nitrogens with zero attached hydrogens (tertiary/aromatic N) is 1. The Morgan fingerprint density at radius 3 is 2.82 bits per heavy atom. The number of anilines is 1. The molecule has 0 aromatic carbocycles. The predicted octanol–water partition coefficient (Wildman–Crippen LogP) is 3.01. The van der Waals surface area contributed by atoms with Gasteiger partial charge in [-0.3, -0.25) is 9.59 Å². The molecule has 4 nitrogen and oxygen atoms in total. The van der Waals surface area contributed by atoms with Crippen LogP contribution in [0.5, 0.6) is 0 Å². The molecule has 0 saturated carbocycles. The van der Waals surface area contributed by atoms with Crippen LogP contribution in [0.1, 0.15) is 45.4 Å². The lowest BCUT2D eigenvalue weighted by atomic mass is 10.1. The predicted molar refractivity (Wildman–Crippen MR) is 69.1 cm³/mol. The molecule has 1 rings (SSSR count). The lowest BCUT2D eigenvalue weighted by Gasteiger charge is -2.01. The number of nitrogens with one attached hydrogen (secondary N) is 1. The summed E-state index contributed by atoms with van der Waals surface area (Å²) in [6.07, 6.45) is 6.34. The van der Waals surface area contributed by atoms with Crippen LogP contribution in [0.3, 0.4) is 0 Å². The van der Waals surface area contributed by atoms with E-state index in [4.69, 9.17) is 0 Å². The van der Waals surface area contributed by atoms with Crippen LogP contribution in [0.15, 0.2) is 11.6 Å². The second-order valence-corrected chi connectivity index (χ2v) is 4.81. The average molecular weight is 254 g/mol. The van der Waals surface area contributed by atoms with Crippen LogP contribution in [0, 0.1) is 0 Å². The van der Waals surface area contributed by atoms with Gasteiger partial charge >= 0.3 is 0 Å². The molecule has 0 spiro atoms. The summed E-state index contributed by atoms with van der Waals surface area (Å²) in [6.45, 7) is 2.13. The van der Waals surface area contributed by atoms with Gasteiger partial charge in [-0.25, -0.2) is 4.98 Å². The van der Waals surface area contributed by atoms with Gasteiger partial charge in [0.2, 0.25) is 5.91 Å². The van der Waals surface area contributed by atoms with Crippen LogP contribution in [0.25, 0.3) is 0 Å². The van der Waals surface area contributed by atoms with Crippen molar-refractivity contribution in [2.24, 2.45) is 0 Å². The monoisotopic (exact) mass is 254 g/mol. The molecular weight excluding hydrogens is 236 g/mol. The first-order valence-corrected chi connectivity index (χ1v) is 6.81. The van der Waals surface area contributed by atoms with E-state index in [9.17, 15) is 9.59 Å². The fourth-order valence-corrected chi connectivity index (χ4v) is 2.01. The molecule has 0 saturated heterocycles. The maximum absolute atomic E-state index is 11.5. The Balaban J connectivity index is 2.15. The SMILES string of the molecule is CCCCCCC(=O)CC(=O)Nc1nccs1. The Labute approximate surface area is 105 Å². The van der Waals surface area contributed by atoms with Crippen molar-refractivity contribution in [3.8, 4) is 0 Å². The van der Waals surface area contributed by atoms with Gasteiger partial charge in [0.15, 0.2) is 5.13 Å². The fraction of sp³-hybridized carbons (Fsp3) is 0.583. The normalized spacial score (nSPS) is 10.2. The zero-order valence-electron chi connectivity index (χ0n) is 10.1. The summed E-state index contributed by atoms with van der Waals surface area (Å²) in [4.78, 5) is 26.8. The zero-order valence-corrected chi connectivity index (χ0v) is 10.9. The molecular formula is C12H18N2O2S. The Morgan fingerprint density at radius 2 is 2.18 bits per heavy atom. The maximum atomic E-state index is 11.5. The Morgan fingerprint density at radius 1 is 1.35 bits per heavy atom. The number of Topliss-reactive ketones (excluding diaryl/α,β-unsaturated/α-hetero) is 1. The highest BCUT2D eigenvalue weighted by atomic mass is 32.1. The van der Waals surface area contributed by atoms with Crippen molar-refractivity contribution in [3.63, 3.8) is 0 Å². The number of unbranched alkanes of at least 4 members (excludes halogenated alkanes) is 3. The molecule has 0 aliphatic carbocycles. The number of amides is 1. The quantitative estimate of drug-likeness (QED) is 0.573. The molecule has 0 aliphatic rings. The van der Waals surface area contributed by atoms with E-state index in [1.54, 1.807) is 11.6 Å². The summed E-state index contributed by atoms with van der Waals surface area (Å²) < 4.78 is 0. The van der Waals surface area contributed by atoms with E-state index in [1.165, 1.54) is 11.3 Å². The molecule has 0 radical (unpaired) electrons. The van der Waals surface area contributed by atoms with Crippen molar-refractivity contribution in [3.05, 3.63) is 11.6 Å². The molecule has 1 aromatic rings. The van der Waals surface area contributed by atoms with E-state index >= 15 is 0 Å². The van der Waals surface area contributed by atoms with Gasteiger partial charge in [-0.05, 0) is 6.42 Å². The Kier molecular flexibility index (Phi) is 6.47. The summed E-state index contributed by atoms with van der Waals surface area (Å²) in [5.41, 5.74) is 0. The molecule has 17 heavy (non-hydrogen) atoms. The number of thiazole rings is 1. The molecule has 1 heterocycles. The van der Waals surface area contributed by atoms with Gasteiger partial charge in [0.25, 0.3) is 0 Å². The lowest BCUT2D eigenvalue weighted by molar-refractivity contribution is -0.125. The largest absolute Gasteiger partial charge is 0.302 e. The highest BCUT2D eigenvalue weighted by Crippen LogP contribution is 2.11. The van der Waals surface area contributed by atoms with Crippen LogP contribution < -0.4 is 5.32 Å². The molecule has 0 unspecified atom stereocenters. The van der Waals surface area contributed by atoms with E-state index in [0.717, 1.165) is 25.7 Å². The van der Waals surface area contributed by atoms with Gasteiger partial charge in [-0.2, -0.15) is 0 Å². The smallest absolute Gasteiger partial charge is 0.233 e. The Bertz CT molecular complexity index is 349. The first-order valence-electron chi connectivity index (χ1n) is 5.93. The van der Waals surface area contributed by atoms with Crippen molar-refractivity contribution in [2.45, 2.75) is 45.4 Å². The number of aromatic nitrogens is 1. The summed E-state index contributed by atoms with van der Waals surface area (Å²) in [5, 5.41) is 4.93. The van der Waals surface area contributed by atoms with Gasteiger partial charge in [-0.1, -0.05) is 26.2 Å². The number of ketones is 1. The third-order valence-electron chi connectivity index (χ3n) is 2.35. The molecule has 1 amide bonds. The van der Waals surface area contributed by atoms with Crippen molar-refractivity contribution >= 4 is 28.2 Å². The zero-order chi connectivity index (χ0) is 12.5. The average Bonchev–Trinajstić information content (AvgIpc) is 2.77. The van der Waals surface area contributed by atoms with Crippen LogP contribution in [-0.2, 0) is 9.59 Å². The third kappa shape index (κ3) is 6.16. The molecule has 0 atom stereocenters. The van der Waals surface area contributed by atoms with Gasteiger partial charge in [-0.15, -0.1) is 11.3 Å². The molecule has 5 heteroatoms. The summed E-state index contributed by atoms with van der Waals surface area (Å²) in [6, 6.07) is 0. The van der Waals surface area contributed by atoms with Crippen LogP contribution >= 0.6 is 11.3 Å². The van der Waals surface area contributed by atoms with E-state index in [1.807, 2.05) is 0 Å². The molecule has 0 aliphatic heterocycles. The highest BCUT2D eigenvalue weighted by Gasteiger charge is 2.10. The number of carbonyl (C=O) groups is 2. The number of hydrogen-bond acceptors (Lipinski definition) is 4. The van der Waals surface area contributed by atoms with Crippen molar-refractivity contribution in [1.82, 2.24) is 4.98 Å². The van der Waals surface area contributed by atoms with Crippen LogP contribution in [0.2, 0.25) is 0 Å². The van der Waals surface area contributed by atoms with Crippen molar-refractivity contribution in [1.29, 1.82) is 0 Å². The van der Waals surface area contributed by atoms with Crippen LogP contribution in [-0.4, -0.2) is 16.7 Å². The standard InChI is InChI=1S/C12H18N2O2S/c1-2-3-4-5-6-10(15)9-11(16)14-12-13-7-8-17-12/h7-8H,2-6,9H2,1H3,(H,13,14,16). The maximum Gasteiger partial charge on any atom is 0.233 e. The van der Waals surface area contributed by atoms with E-state index in [0.29, 0.717) is 11.6 Å². The minimum absolute atomic E-state index is 0.00941. The highest BCUT2D eigenvalue weighted by molar-refractivity contribution is 7.13. The summed E-state index contributed by atoms with van der Waals surface area (Å²) >= 11 is 1.35. The molecule has 0 fully saturated rings.